The van der Waals surface area contributed by atoms with Crippen molar-refractivity contribution in [1.82, 2.24) is 9.62 Å². The van der Waals surface area contributed by atoms with Gasteiger partial charge in [0.1, 0.15) is 22.3 Å². The monoisotopic (exact) mass is 578 g/mol. The van der Waals surface area contributed by atoms with Gasteiger partial charge in [0.15, 0.2) is 0 Å². The van der Waals surface area contributed by atoms with Crippen LogP contribution >= 0.6 is 11.3 Å². The number of thiophene rings is 1. The minimum absolute atomic E-state index is 0.0110. The molecule has 0 spiro atoms. The lowest BCUT2D eigenvalue weighted by molar-refractivity contribution is -0.129. The normalized spacial score (nSPS) is 14.1. The molecule has 39 heavy (non-hydrogen) atoms. The van der Waals surface area contributed by atoms with Crippen LogP contribution in [0.1, 0.15) is 36.3 Å². The third-order valence-corrected chi connectivity index (χ3v) is 8.95. The average molecular weight is 579 g/mol. The largest absolute Gasteiger partial charge is 0.390 e. The smallest absolute Gasteiger partial charge is 0.246 e. The predicted molar refractivity (Wildman–Crippen MR) is 146 cm³/mol. The highest BCUT2D eigenvalue weighted by atomic mass is 32.2. The van der Waals surface area contributed by atoms with Gasteiger partial charge in [0.05, 0.1) is 12.1 Å². The number of nitrogens with zero attached hydrogens (tertiary/aromatic N) is 1. The number of Topliss-reactive ketones (excluding diaryl/α,β-unsaturated/α-hetero) is 1. The fraction of sp³-hybridized carbons (Fsp3) is 0.357. The van der Waals surface area contributed by atoms with E-state index in [9.17, 15) is 31.9 Å². The average Bonchev–Trinajstić information content (AvgIpc) is 3.38. The molecule has 11 heteroatoms. The summed E-state index contributed by atoms with van der Waals surface area (Å²) < 4.78 is 57.2. The molecular weight excluding hydrogens is 546 g/mol. The van der Waals surface area contributed by atoms with Gasteiger partial charge in [0.2, 0.25) is 15.9 Å². The number of ketones is 1. The molecule has 2 aromatic carbocycles. The molecular formula is C28H32F2N2O5S2. The number of halogens is 2. The molecule has 210 valence electrons. The van der Waals surface area contributed by atoms with Crippen molar-refractivity contribution in [1.29, 1.82) is 0 Å². The zero-order chi connectivity index (χ0) is 28.7. The highest BCUT2D eigenvalue weighted by Crippen LogP contribution is 2.26. The summed E-state index contributed by atoms with van der Waals surface area (Å²) in [6.07, 6.45) is -1.25. The molecule has 0 radical (unpaired) electrons. The Bertz CT molecular complexity index is 1380. The zero-order valence-corrected chi connectivity index (χ0v) is 23.6. The first-order valence-corrected chi connectivity index (χ1v) is 14.7. The maximum Gasteiger partial charge on any atom is 0.246 e. The molecule has 0 aliphatic carbocycles. The van der Waals surface area contributed by atoms with Gasteiger partial charge in [-0.25, -0.2) is 17.2 Å². The molecule has 1 amide bonds. The van der Waals surface area contributed by atoms with E-state index in [-0.39, 0.29) is 30.7 Å². The van der Waals surface area contributed by atoms with Gasteiger partial charge in [-0.15, -0.1) is 11.3 Å². The summed E-state index contributed by atoms with van der Waals surface area (Å²) in [5, 5.41) is 15.8. The molecule has 0 fully saturated rings. The lowest BCUT2D eigenvalue weighted by Gasteiger charge is -2.30. The van der Waals surface area contributed by atoms with E-state index in [1.807, 2.05) is 6.07 Å². The number of benzene rings is 2. The van der Waals surface area contributed by atoms with Crippen LogP contribution in [-0.4, -0.2) is 48.2 Å². The molecule has 7 nitrogen and oxygen atoms in total. The fourth-order valence-corrected chi connectivity index (χ4v) is 6.42. The predicted octanol–water partition coefficient (Wildman–Crippen LogP) is 4.23. The van der Waals surface area contributed by atoms with Gasteiger partial charge in [-0.2, -0.15) is 4.31 Å². The van der Waals surface area contributed by atoms with Crippen molar-refractivity contribution in [2.45, 2.75) is 57.2 Å². The number of hydrogen-bond acceptors (Lipinski definition) is 6. The Hall–Kier alpha value is -2.99. The standard InChI is InChI=1S/C28H32F2N2O5S2/c1-18-13-24(30)27(15-23(18)29)39(36,37)32(16-22-10-7-11-38-22)17-26(34)25(14-21-8-5-4-6-9-21)31-28(35)19(2)12-20(3)33/h4-11,13,15,19,25-26,34H,12,14,16-17H2,1-3H3,(H,31,35)/t19-,25+,26-/m1/s1. The van der Waals surface area contributed by atoms with Crippen LogP contribution in [-0.2, 0) is 32.6 Å². The Morgan fingerprint density at radius 2 is 1.77 bits per heavy atom. The third-order valence-electron chi connectivity index (χ3n) is 6.27. The molecule has 3 rings (SSSR count). The van der Waals surface area contributed by atoms with Crippen molar-refractivity contribution in [3.8, 4) is 0 Å². The second-order valence-corrected chi connectivity index (χ2v) is 12.5. The minimum atomic E-state index is -4.60. The number of hydrogen-bond donors (Lipinski definition) is 2. The summed E-state index contributed by atoms with van der Waals surface area (Å²) in [5.41, 5.74) is 0.738. The maximum absolute atomic E-state index is 14.8. The number of aryl methyl sites for hydroxylation is 1. The number of sulfonamides is 1. The number of carbonyl (C=O) groups excluding carboxylic acids is 2. The Morgan fingerprint density at radius 3 is 2.38 bits per heavy atom. The number of amides is 1. The van der Waals surface area contributed by atoms with Crippen LogP contribution in [0.3, 0.4) is 0 Å². The summed E-state index contributed by atoms with van der Waals surface area (Å²) in [7, 11) is -4.60. The van der Waals surface area contributed by atoms with Crippen molar-refractivity contribution in [2.24, 2.45) is 5.92 Å². The molecule has 0 bridgehead atoms. The summed E-state index contributed by atoms with van der Waals surface area (Å²) in [6, 6.07) is 12.9. The minimum Gasteiger partial charge on any atom is -0.390 e. The zero-order valence-electron chi connectivity index (χ0n) is 21.9. The van der Waals surface area contributed by atoms with Gasteiger partial charge in [0.25, 0.3) is 0 Å². The van der Waals surface area contributed by atoms with Crippen LogP contribution in [0.2, 0.25) is 0 Å². The van der Waals surface area contributed by atoms with Crippen molar-refractivity contribution < 1.29 is 31.9 Å². The van der Waals surface area contributed by atoms with E-state index in [1.165, 1.54) is 25.2 Å². The van der Waals surface area contributed by atoms with Gasteiger partial charge < -0.3 is 15.2 Å². The van der Waals surface area contributed by atoms with E-state index in [0.29, 0.717) is 10.9 Å². The van der Waals surface area contributed by atoms with E-state index in [1.54, 1.807) is 48.7 Å². The fourth-order valence-electron chi connectivity index (χ4n) is 4.12. The van der Waals surface area contributed by atoms with Gasteiger partial charge in [-0.1, -0.05) is 43.3 Å². The molecule has 0 saturated carbocycles. The summed E-state index contributed by atoms with van der Waals surface area (Å²) in [4.78, 5) is 24.2. The lowest BCUT2D eigenvalue weighted by Crippen LogP contribution is -2.51. The highest BCUT2D eigenvalue weighted by Gasteiger charge is 2.34. The van der Waals surface area contributed by atoms with Gasteiger partial charge >= 0.3 is 0 Å². The van der Waals surface area contributed by atoms with E-state index < -0.39 is 57.1 Å². The molecule has 0 saturated heterocycles. The van der Waals surface area contributed by atoms with E-state index >= 15 is 0 Å². The van der Waals surface area contributed by atoms with Crippen molar-refractivity contribution in [3.63, 3.8) is 0 Å². The lowest BCUT2D eigenvalue weighted by atomic mass is 9.98. The Balaban J connectivity index is 1.95. The summed E-state index contributed by atoms with van der Waals surface area (Å²) in [6.45, 7) is 3.59. The Kier molecular flexibility index (Phi) is 10.5. The topological polar surface area (TPSA) is 104 Å². The number of carbonyl (C=O) groups is 2. The number of nitrogens with one attached hydrogen (secondary N) is 1. The first-order chi connectivity index (χ1) is 18.4. The van der Waals surface area contributed by atoms with Gasteiger partial charge in [-0.05, 0) is 55.0 Å². The molecule has 3 atom stereocenters. The maximum atomic E-state index is 14.8. The summed E-state index contributed by atoms with van der Waals surface area (Å²) >= 11 is 1.27. The van der Waals surface area contributed by atoms with Crippen molar-refractivity contribution in [3.05, 3.63) is 87.6 Å². The van der Waals surface area contributed by atoms with Crippen LogP contribution < -0.4 is 5.32 Å². The molecule has 1 heterocycles. The molecule has 3 aromatic rings. The number of aliphatic hydroxyl groups excluding tert-OH is 1. The Morgan fingerprint density at radius 1 is 1.08 bits per heavy atom. The third kappa shape index (κ3) is 8.25. The molecule has 0 aliphatic heterocycles. The first kappa shape index (κ1) is 30.6. The van der Waals surface area contributed by atoms with Gasteiger partial charge in [-0.3, -0.25) is 4.79 Å². The van der Waals surface area contributed by atoms with Crippen LogP contribution in [0.15, 0.2) is 64.9 Å². The molecule has 1 aromatic heterocycles. The van der Waals surface area contributed by atoms with Crippen LogP contribution in [0.25, 0.3) is 0 Å². The quantitative estimate of drug-likeness (QED) is 0.316. The number of rotatable bonds is 13. The number of aliphatic hydroxyl groups is 1. The Labute approximate surface area is 231 Å². The molecule has 2 N–H and O–H groups in total. The second kappa shape index (κ2) is 13.4. The highest BCUT2D eigenvalue weighted by molar-refractivity contribution is 7.89. The van der Waals surface area contributed by atoms with E-state index in [2.05, 4.69) is 5.32 Å². The SMILES string of the molecule is CC(=O)C[C@@H](C)C(=O)N[C@@H](Cc1ccccc1)[C@H](O)CN(Cc1cccs1)S(=O)(=O)c1cc(F)c(C)cc1F. The van der Waals surface area contributed by atoms with E-state index in [0.717, 1.165) is 15.9 Å². The van der Waals surface area contributed by atoms with Gasteiger partial charge in [0, 0.05) is 30.3 Å². The molecule has 0 aliphatic rings. The van der Waals surface area contributed by atoms with E-state index in [4.69, 9.17) is 0 Å². The summed E-state index contributed by atoms with van der Waals surface area (Å²) in [5.74, 6) is -3.28. The van der Waals surface area contributed by atoms with Crippen molar-refractivity contribution >= 4 is 33.1 Å². The first-order valence-electron chi connectivity index (χ1n) is 12.4. The van der Waals surface area contributed by atoms with Crippen LogP contribution in [0.5, 0.6) is 0 Å². The van der Waals surface area contributed by atoms with Crippen LogP contribution in [0, 0.1) is 24.5 Å². The molecule has 0 unspecified atom stereocenters. The van der Waals surface area contributed by atoms with Crippen molar-refractivity contribution in [2.75, 3.05) is 6.54 Å². The van der Waals surface area contributed by atoms with Crippen LogP contribution in [0.4, 0.5) is 8.78 Å². The second-order valence-electron chi connectivity index (χ2n) is 9.59.